The van der Waals surface area contributed by atoms with Crippen LogP contribution in [0.3, 0.4) is 0 Å². The number of aryl methyl sites for hydroxylation is 2. The third-order valence-electron chi connectivity index (χ3n) is 4.41. The van der Waals surface area contributed by atoms with Gasteiger partial charge in [0.05, 0.1) is 9.52 Å². The summed E-state index contributed by atoms with van der Waals surface area (Å²) in [6, 6.07) is 26.0. The Morgan fingerprint density at radius 3 is 1.43 bits per heavy atom. The molecule has 4 aromatic rings. The fourth-order valence-electron chi connectivity index (χ4n) is 2.92. The second-order valence-corrected chi connectivity index (χ2v) is 11.2. The third-order valence-corrected chi connectivity index (χ3v) is 4.88. The fraction of sp³-hybridized carbons (Fsp3) is 0.154. The summed E-state index contributed by atoms with van der Waals surface area (Å²) in [7, 11) is 10.6. The second-order valence-electron chi connectivity index (χ2n) is 6.34. The quantitative estimate of drug-likeness (QED) is 0.183. The Kier molecular flexibility index (Phi) is 14.8. The molecule has 0 aliphatic heterocycles. The van der Waals surface area contributed by atoms with Crippen molar-refractivity contribution in [2.45, 2.75) is 26.7 Å². The van der Waals surface area contributed by atoms with Gasteiger partial charge in [0.2, 0.25) is 0 Å². The van der Waals surface area contributed by atoms with Crippen molar-refractivity contribution in [2.75, 3.05) is 0 Å². The minimum atomic E-state index is -0.826. The van der Waals surface area contributed by atoms with E-state index >= 15 is 0 Å². The van der Waals surface area contributed by atoms with Gasteiger partial charge < -0.3 is 0 Å². The normalized spacial score (nSPS) is 9.20. The summed E-state index contributed by atoms with van der Waals surface area (Å²) >= 11 is -0.826. The number of rotatable bonds is 4. The molecule has 0 aliphatic rings. The molecule has 4 rings (SSSR count). The number of benzene rings is 2. The van der Waals surface area contributed by atoms with Crippen LogP contribution < -0.4 is 0 Å². The molecule has 0 N–H and O–H groups in total. The van der Waals surface area contributed by atoms with Crippen LogP contribution in [0.4, 0.5) is 0 Å². The van der Waals surface area contributed by atoms with Crippen molar-refractivity contribution in [3.63, 3.8) is 0 Å². The summed E-state index contributed by atoms with van der Waals surface area (Å²) in [5, 5.41) is 5.46. The zero-order valence-corrected chi connectivity index (χ0v) is 22.6. The Bertz CT molecular complexity index is 854. The average Bonchev–Trinajstić information content (AvgIpc) is 3.39. The summed E-state index contributed by atoms with van der Waals surface area (Å²) in [4.78, 5) is 0. The first kappa shape index (κ1) is 26.9. The summed E-state index contributed by atoms with van der Waals surface area (Å²) < 4.78 is 0. The van der Waals surface area contributed by atoms with Gasteiger partial charge in [-0.1, -0.05) is 26.0 Å². The van der Waals surface area contributed by atoms with Crippen molar-refractivity contribution in [1.82, 2.24) is 0 Å². The zero-order chi connectivity index (χ0) is 22.2. The van der Waals surface area contributed by atoms with E-state index in [0.717, 1.165) is 22.4 Å². The van der Waals surface area contributed by atoms with Gasteiger partial charge in [0.15, 0.2) is 0 Å². The van der Waals surface area contributed by atoms with Crippen molar-refractivity contribution < 1.29 is 20.8 Å². The van der Waals surface area contributed by atoms with Gasteiger partial charge in [0.1, 0.15) is 0 Å². The van der Waals surface area contributed by atoms with Gasteiger partial charge in [-0.2, -0.15) is 12.1 Å². The Hall–Kier alpha value is -1.18. The maximum atomic E-state index is 4.93. The van der Waals surface area contributed by atoms with E-state index in [4.69, 9.17) is 17.0 Å². The van der Waals surface area contributed by atoms with Crippen LogP contribution in [0, 0.1) is 0 Å². The van der Waals surface area contributed by atoms with E-state index in [9.17, 15) is 0 Å². The van der Waals surface area contributed by atoms with E-state index in [-0.39, 0.29) is 0 Å². The van der Waals surface area contributed by atoms with Crippen molar-refractivity contribution in [3.8, 4) is 0 Å². The molecule has 4 heteroatoms. The summed E-state index contributed by atoms with van der Waals surface area (Å²) in [5.74, 6) is 0. The van der Waals surface area contributed by atoms with Crippen LogP contribution in [0.2, 0.25) is 0 Å². The van der Waals surface area contributed by atoms with Gasteiger partial charge in [-0.05, 0) is 12.8 Å². The van der Waals surface area contributed by atoms with Crippen LogP contribution in [0.25, 0.3) is 21.5 Å². The Balaban J connectivity index is 0.000000225. The molecule has 0 atom stereocenters. The predicted octanol–water partition coefficient (Wildman–Crippen LogP) is 8.60. The van der Waals surface area contributed by atoms with Crippen LogP contribution in [0.15, 0.2) is 97.4 Å². The SMILES string of the molecule is C=C[Si]C=C.CCc1cc2ccccc2[cH-]1.CCc1cc2ccccc2[cH-]1.[Cl][Zr+2][Cl]. The van der Waals surface area contributed by atoms with E-state index in [1.54, 1.807) is 0 Å². The van der Waals surface area contributed by atoms with Crippen molar-refractivity contribution in [2.24, 2.45) is 0 Å². The number of hydrogen-bond acceptors (Lipinski definition) is 0. The first-order valence-electron chi connectivity index (χ1n) is 9.86. The van der Waals surface area contributed by atoms with Gasteiger partial charge in [-0.25, -0.2) is 0 Å². The van der Waals surface area contributed by atoms with Crippen LogP contribution in [-0.2, 0) is 33.7 Å². The molecule has 0 saturated carbocycles. The summed E-state index contributed by atoms with van der Waals surface area (Å²) in [6.07, 6.45) is 2.27. The van der Waals surface area contributed by atoms with Crippen molar-refractivity contribution in [3.05, 3.63) is 108 Å². The fourth-order valence-corrected chi connectivity index (χ4v) is 3.09. The van der Waals surface area contributed by atoms with E-state index in [0.29, 0.717) is 0 Å². The first-order valence-corrected chi connectivity index (χ1v) is 17.3. The molecule has 0 spiro atoms. The van der Waals surface area contributed by atoms with Crippen LogP contribution in [-0.4, -0.2) is 9.52 Å². The molecule has 2 radical (unpaired) electrons. The summed E-state index contributed by atoms with van der Waals surface area (Å²) in [6.45, 7) is 11.4. The van der Waals surface area contributed by atoms with Gasteiger partial charge in [0.25, 0.3) is 0 Å². The second kappa shape index (κ2) is 16.5. The van der Waals surface area contributed by atoms with E-state index < -0.39 is 20.8 Å². The molecule has 0 fully saturated rings. The molecule has 0 aromatic heterocycles. The molecule has 4 aromatic carbocycles. The molecular weight excluding hydrogens is 503 g/mol. The van der Waals surface area contributed by atoms with E-state index in [1.807, 2.05) is 11.4 Å². The number of fused-ring (bicyclic) bond motifs is 2. The van der Waals surface area contributed by atoms with Crippen molar-refractivity contribution in [1.29, 1.82) is 0 Å². The molecule has 154 valence electrons. The average molecular weight is 531 g/mol. The predicted molar refractivity (Wildman–Crippen MR) is 136 cm³/mol. The minimum absolute atomic E-state index is 0.725. The molecule has 0 bridgehead atoms. The van der Waals surface area contributed by atoms with Gasteiger partial charge in [-0.3, -0.25) is 0 Å². The molecule has 0 heterocycles. The Labute approximate surface area is 202 Å². The molecule has 0 nitrogen and oxygen atoms in total. The number of halogens is 2. The van der Waals surface area contributed by atoms with Crippen LogP contribution in [0.1, 0.15) is 25.0 Å². The first-order chi connectivity index (χ1) is 14.6. The van der Waals surface area contributed by atoms with E-state index in [2.05, 4.69) is 99.8 Å². The molecule has 0 saturated heterocycles. The molecule has 30 heavy (non-hydrogen) atoms. The standard InChI is InChI=1S/2C11H11.C4H6Si.2ClH.Zr/c2*1-2-9-7-10-5-3-4-6-11(10)8-9;1-3-5-4-2;;;/h2*3-8H,2H2,1H3;3-4H,1-2H2;2*1H;/q2*-1;;;;+4/p-2. The van der Waals surface area contributed by atoms with Gasteiger partial charge in [0, 0.05) is 0 Å². The Morgan fingerprint density at radius 2 is 1.17 bits per heavy atom. The van der Waals surface area contributed by atoms with Crippen LogP contribution >= 0.6 is 17.0 Å². The summed E-state index contributed by atoms with van der Waals surface area (Å²) in [5.41, 5.74) is 6.55. The van der Waals surface area contributed by atoms with Crippen LogP contribution in [0.5, 0.6) is 0 Å². The number of hydrogen-bond donors (Lipinski definition) is 0. The molecule has 0 aliphatic carbocycles. The molecule has 0 amide bonds. The van der Waals surface area contributed by atoms with Crippen molar-refractivity contribution >= 4 is 48.1 Å². The molecule has 0 unspecified atom stereocenters. The van der Waals surface area contributed by atoms with Gasteiger partial charge >= 0.3 is 37.9 Å². The maximum absolute atomic E-state index is 4.93. The van der Waals surface area contributed by atoms with E-state index in [1.165, 1.54) is 32.7 Å². The van der Waals surface area contributed by atoms with Gasteiger partial charge in [-0.15, -0.1) is 106 Å². The molecular formula is C26H28Cl2SiZr. The topological polar surface area (TPSA) is 0 Å². The zero-order valence-electron chi connectivity index (χ0n) is 17.7. The Morgan fingerprint density at radius 1 is 0.800 bits per heavy atom. The third kappa shape index (κ3) is 9.75. The monoisotopic (exact) mass is 528 g/mol.